The van der Waals surface area contributed by atoms with E-state index in [1.807, 2.05) is 0 Å². The third-order valence-electron chi connectivity index (χ3n) is 0.945. The number of ether oxygens (including phenoxy) is 1. The van der Waals surface area contributed by atoms with Gasteiger partial charge in [-0.1, -0.05) is 3.89 Å². The first-order valence-corrected chi connectivity index (χ1v) is 4.22. The molecule has 0 rings (SSSR count). The maximum Gasteiger partial charge on any atom is 0.439 e. The lowest BCUT2D eigenvalue weighted by molar-refractivity contribution is -0.146. The van der Waals surface area contributed by atoms with Gasteiger partial charge in [0.25, 0.3) is 0 Å². The highest BCUT2D eigenvalue weighted by molar-refractivity contribution is 7.87. The highest BCUT2D eigenvalue weighted by atomic mass is 32.3. The Labute approximate surface area is 78.3 Å². The fraction of sp³-hybridized carbons (Fsp3) is 0.500. The smallest absolute Gasteiger partial charge is 0.424 e. The Kier molecular flexibility index (Phi) is 3.96. The molecule has 0 radical (unpaired) electrons. The summed E-state index contributed by atoms with van der Waals surface area (Å²) in [6, 6.07) is -3.06. The topological polar surface area (TPSA) is 43.4 Å². The molecule has 11 heteroatoms. The van der Waals surface area contributed by atoms with Crippen molar-refractivity contribution in [1.29, 1.82) is 0 Å². The van der Waals surface area contributed by atoms with E-state index in [2.05, 4.69) is 4.74 Å². The number of alkyl halides is 3. The molecule has 0 N–H and O–H groups in total. The van der Waals surface area contributed by atoms with E-state index in [4.69, 9.17) is 0 Å². The molecule has 0 aliphatic rings. The molecular formula is C4HF7O3S. The van der Waals surface area contributed by atoms with Crippen molar-refractivity contribution in [3.63, 3.8) is 0 Å². The molecule has 0 amide bonds. The molecule has 90 valence electrons. The third kappa shape index (κ3) is 3.25. The van der Waals surface area contributed by atoms with Crippen molar-refractivity contribution in [3.05, 3.63) is 12.1 Å². The van der Waals surface area contributed by atoms with E-state index in [1.54, 1.807) is 0 Å². The van der Waals surface area contributed by atoms with Crippen LogP contribution in [0, 0.1) is 0 Å². The lowest BCUT2D eigenvalue weighted by atomic mass is 10.7. The molecule has 15 heavy (non-hydrogen) atoms. The fourth-order valence-corrected chi connectivity index (χ4v) is 0.584. The normalized spacial score (nSPS) is 14.6. The summed E-state index contributed by atoms with van der Waals surface area (Å²) in [5.74, 6) is 0. The molecule has 0 bridgehead atoms. The molecule has 0 fully saturated rings. The molecular weight excluding hydrogens is 261 g/mol. The zero-order chi connectivity index (χ0) is 12.4. The molecule has 0 aromatic heterocycles. The van der Waals surface area contributed by atoms with Gasteiger partial charge in [-0.3, -0.25) is 0 Å². The van der Waals surface area contributed by atoms with Gasteiger partial charge in [0.2, 0.25) is 0 Å². The van der Waals surface area contributed by atoms with Crippen LogP contribution in [0.5, 0.6) is 0 Å². The lowest BCUT2D eigenvalue weighted by Gasteiger charge is -2.15. The number of hydrogen-bond donors (Lipinski definition) is 0. The van der Waals surface area contributed by atoms with Gasteiger partial charge in [0.1, 0.15) is 0 Å². The molecule has 0 aromatic rings. The van der Waals surface area contributed by atoms with Gasteiger partial charge in [-0.05, 0) is 0 Å². The largest absolute Gasteiger partial charge is 0.439 e. The van der Waals surface area contributed by atoms with Crippen molar-refractivity contribution in [2.75, 3.05) is 0 Å². The van der Waals surface area contributed by atoms with Gasteiger partial charge in [-0.2, -0.15) is 34.8 Å². The van der Waals surface area contributed by atoms with Crippen LogP contribution in [0.1, 0.15) is 0 Å². The summed E-state index contributed by atoms with van der Waals surface area (Å²) in [7, 11) is -6.74. The first-order valence-electron chi connectivity index (χ1n) is 2.83. The van der Waals surface area contributed by atoms with Crippen LogP contribution in [0.15, 0.2) is 12.1 Å². The summed E-state index contributed by atoms with van der Waals surface area (Å²) in [4.78, 5) is 0. The molecule has 1 atom stereocenters. The molecule has 0 spiro atoms. The molecule has 3 nitrogen and oxygen atoms in total. The van der Waals surface area contributed by atoms with Crippen LogP contribution in [0.4, 0.5) is 30.2 Å². The highest BCUT2D eigenvalue weighted by Gasteiger charge is 2.56. The Bertz CT molecular complexity index is 356. The Morgan fingerprint density at radius 2 is 1.60 bits per heavy atom. The van der Waals surface area contributed by atoms with Crippen LogP contribution in [-0.4, -0.2) is 20.0 Å². The van der Waals surface area contributed by atoms with Crippen molar-refractivity contribution in [1.82, 2.24) is 0 Å². The summed E-state index contributed by atoms with van der Waals surface area (Å²) in [5, 5.41) is -5.78. The zero-order valence-electron chi connectivity index (χ0n) is 6.36. The SMILES string of the molecule is O=S(=O)(F)C(F)(F)C(F)OC(F)=C(F)F. The van der Waals surface area contributed by atoms with E-state index < -0.39 is 33.9 Å². The second-order valence-electron chi connectivity index (χ2n) is 1.97. The number of halogens is 7. The van der Waals surface area contributed by atoms with Gasteiger partial charge < -0.3 is 4.74 Å². The standard InChI is InChI=1S/C4HF7O3S/c5-1(6)2(7)14-3(8)4(9,10)15(11,12)13/h3H. The first kappa shape index (κ1) is 14.0. The van der Waals surface area contributed by atoms with E-state index in [1.165, 1.54) is 0 Å². The van der Waals surface area contributed by atoms with E-state index in [9.17, 15) is 38.6 Å². The van der Waals surface area contributed by atoms with E-state index >= 15 is 0 Å². The third-order valence-corrected chi connectivity index (χ3v) is 1.78. The van der Waals surface area contributed by atoms with Crippen molar-refractivity contribution in [3.8, 4) is 0 Å². The van der Waals surface area contributed by atoms with Crippen LogP contribution in [0.2, 0.25) is 0 Å². The lowest BCUT2D eigenvalue weighted by Crippen LogP contribution is -2.37. The summed E-state index contributed by atoms with van der Waals surface area (Å²) in [6.07, 6.45) is -7.72. The van der Waals surface area contributed by atoms with Crippen LogP contribution in [0.25, 0.3) is 0 Å². The average Bonchev–Trinajstić information content (AvgIpc) is 2.01. The molecule has 0 aliphatic heterocycles. The van der Waals surface area contributed by atoms with E-state index in [-0.39, 0.29) is 0 Å². The molecule has 0 aliphatic carbocycles. The van der Waals surface area contributed by atoms with Crippen molar-refractivity contribution in [2.45, 2.75) is 11.6 Å². The van der Waals surface area contributed by atoms with E-state index in [0.717, 1.165) is 0 Å². The molecule has 0 saturated heterocycles. The second kappa shape index (κ2) is 4.24. The van der Waals surface area contributed by atoms with Gasteiger partial charge in [0.15, 0.2) is 0 Å². The highest BCUT2D eigenvalue weighted by Crippen LogP contribution is 2.32. The maximum atomic E-state index is 12.1. The Morgan fingerprint density at radius 1 is 1.20 bits per heavy atom. The minimum atomic E-state index is -6.74. The van der Waals surface area contributed by atoms with Crippen LogP contribution < -0.4 is 0 Å². The van der Waals surface area contributed by atoms with Gasteiger partial charge in [0.05, 0.1) is 0 Å². The molecule has 1 unspecified atom stereocenters. The van der Waals surface area contributed by atoms with Gasteiger partial charge >= 0.3 is 33.9 Å². The fourth-order valence-electron chi connectivity index (χ4n) is 0.315. The minimum absolute atomic E-state index is 2.53. The van der Waals surface area contributed by atoms with Gasteiger partial charge in [-0.25, -0.2) is 0 Å². The summed E-state index contributed by atoms with van der Waals surface area (Å²) in [5.41, 5.74) is 0. The molecule has 0 heterocycles. The molecule has 0 aromatic carbocycles. The van der Waals surface area contributed by atoms with Crippen LogP contribution >= 0.6 is 0 Å². The van der Waals surface area contributed by atoms with Crippen molar-refractivity contribution >= 4 is 10.2 Å². The molecule has 0 saturated carbocycles. The zero-order valence-corrected chi connectivity index (χ0v) is 7.17. The summed E-state index contributed by atoms with van der Waals surface area (Å²) < 4.78 is 104. The number of hydrogen-bond acceptors (Lipinski definition) is 3. The van der Waals surface area contributed by atoms with Crippen LogP contribution in [0.3, 0.4) is 0 Å². The van der Waals surface area contributed by atoms with E-state index in [0.29, 0.717) is 0 Å². The second-order valence-corrected chi connectivity index (χ2v) is 3.39. The predicted molar refractivity (Wildman–Crippen MR) is 31.3 cm³/mol. The summed E-state index contributed by atoms with van der Waals surface area (Å²) >= 11 is 0. The number of rotatable bonds is 4. The maximum absolute atomic E-state index is 12.1. The van der Waals surface area contributed by atoms with Crippen molar-refractivity contribution in [2.24, 2.45) is 0 Å². The predicted octanol–water partition coefficient (Wildman–Crippen LogP) is 2.23. The Morgan fingerprint density at radius 3 is 1.87 bits per heavy atom. The minimum Gasteiger partial charge on any atom is -0.424 e. The average molecular weight is 262 g/mol. The Hall–Kier alpha value is -1.00. The summed E-state index contributed by atoms with van der Waals surface area (Å²) in [6.45, 7) is 0. The first-order chi connectivity index (χ1) is 6.50. The quantitative estimate of drug-likeness (QED) is 0.443. The van der Waals surface area contributed by atoms with Crippen molar-refractivity contribution < 1.29 is 43.4 Å². The van der Waals surface area contributed by atoms with Gasteiger partial charge in [0, 0.05) is 0 Å². The monoisotopic (exact) mass is 262 g/mol. The van der Waals surface area contributed by atoms with Gasteiger partial charge in [-0.15, -0.1) is 0 Å². The van der Waals surface area contributed by atoms with Crippen LogP contribution in [-0.2, 0) is 15.0 Å². The Balaban J connectivity index is 4.90.